The lowest BCUT2D eigenvalue weighted by Crippen LogP contribution is -2.28. The first-order chi connectivity index (χ1) is 16.5. The van der Waals surface area contributed by atoms with E-state index in [4.69, 9.17) is 4.98 Å². The molecule has 34 heavy (non-hydrogen) atoms. The van der Waals surface area contributed by atoms with Crippen molar-refractivity contribution in [1.82, 2.24) is 10.3 Å². The Kier molecular flexibility index (Phi) is 6.42. The van der Waals surface area contributed by atoms with E-state index >= 15 is 0 Å². The van der Waals surface area contributed by atoms with Crippen LogP contribution in [0.15, 0.2) is 77.8 Å². The molecule has 1 unspecified atom stereocenters. The van der Waals surface area contributed by atoms with Gasteiger partial charge in [0, 0.05) is 17.7 Å². The first kappa shape index (κ1) is 22.3. The van der Waals surface area contributed by atoms with Crippen LogP contribution in [-0.4, -0.2) is 27.2 Å². The Balaban J connectivity index is 1.18. The van der Waals surface area contributed by atoms with Gasteiger partial charge < -0.3 is 10.6 Å². The molecule has 0 radical (unpaired) electrons. The number of amidine groups is 1. The van der Waals surface area contributed by atoms with Gasteiger partial charge in [0.05, 0.1) is 16.8 Å². The van der Waals surface area contributed by atoms with Crippen LogP contribution in [0, 0.1) is 6.92 Å². The highest BCUT2D eigenvalue weighted by molar-refractivity contribution is 8.15. The quantitative estimate of drug-likeness (QED) is 0.383. The fourth-order valence-electron chi connectivity index (χ4n) is 3.59. The van der Waals surface area contributed by atoms with Gasteiger partial charge in [0.25, 0.3) is 0 Å². The van der Waals surface area contributed by atoms with E-state index in [0.717, 1.165) is 26.4 Å². The largest absolute Gasteiger partial charge is 0.326 e. The Morgan fingerprint density at radius 3 is 2.68 bits per heavy atom. The minimum atomic E-state index is -0.486. The lowest BCUT2D eigenvalue weighted by Gasteiger charge is -2.08. The molecule has 4 aromatic rings. The molecule has 1 saturated heterocycles. The molecule has 1 aliphatic rings. The summed E-state index contributed by atoms with van der Waals surface area (Å²) in [6.07, 6.45) is 0.0832. The first-order valence-corrected chi connectivity index (χ1v) is 12.6. The SMILES string of the molecule is Cc1ccc2nc(-c3ccc(NC(=O)CC4SC(=NCc5ccccc5)NC4=O)cc3)sc2c1. The molecule has 6 nitrogen and oxygen atoms in total. The fraction of sp³-hybridized carbons (Fsp3) is 0.154. The number of aromatic nitrogens is 1. The molecule has 2 heterocycles. The second-order valence-corrected chi connectivity index (χ2v) is 10.2. The third-order valence-electron chi connectivity index (χ3n) is 5.35. The van der Waals surface area contributed by atoms with Crippen LogP contribution in [0.25, 0.3) is 20.8 Å². The van der Waals surface area contributed by atoms with Crippen LogP contribution in [0.5, 0.6) is 0 Å². The number of rotatable bonds is 6. The highest BCUT2D eigenvalue weighted by Crippen LogP contribution is 2.31. The maximum Gasteiger partial charge on any atom is 0.240 e. The average molecular weight is 487 g/mol. The van der Waals surface area contributed by atoms with Gasteiger partial charge in [-0.1, -0.05) is 48.2 Å². The van der Waals surface area contributed by atoms with Crippen LogP contribution in [0.1, 0.15) is 17.5 Å². The summed E-state index contributed by atoms with van der Waals surface area (Å²) in [5.41, 5.74) is 4.95. The number of thiazole rings is 1. The number of hydrogen-bond acceptors (Lipinski definition) is 6. The van der Waals surface area contributed by atoms with E-state index in [0.29, 0.717) is 17.4 Å². The van der Waals surface area contributed by atoms with Gasteiger partial charge in [0.15, 0.2) is 5.17 Å². The normalized spacial score (nSPS) is 16.7. The first-order valence-electron chi connectivity index (χ1n) is 10.9. The fourth-order valence-corrected chi connectivity index (χ4v) is 5.63. The van der Waals surface area contributed by atoms with Gasteiger partial charge in [-0.15, -0.1) is 11.3 Å². The molecule has 170 valence electrons. The molecule has 1 aromatic heterocycles. The number of carbonyl (C=O) groups excluding carboxylic acids is 2. The van der Waals surface area contributed by atoms with Crippen molar-refractivity contribution in [2.24, 2.45) is 4.99 Å². The monoisotopic (exact) mass is 486 g/mol. The number of benzene rings is 3. The van der Waals surface area contributed by atoms with Crippen molar-refractivity contribution in [3.8, 4) is 10.6 Å². The topological polar surface area (TPSA) is 83.4 Å². The van der Waals surface area contributed by atoms with Gasteiger partial charge >= 0.3 is 0 Å². The van der Waals surface area contributed by atoms with Crippen molar-refractivity contribution in [1.29, 1.82) is 0 Å². The van der Waals surface area contributed by atoms with Gasteiger partial charge in [0.1, 0.15) is 10.3 Å². The van der Waals surface area contributed by atoms with Gasteiger partial charge in [-0.05, 0) is 54.4 Å². The molecule has 5 rings (SSSR count). The predicted molar refractivity (Wildman–Crippen MR) is 140 cm³/mol. The molecule has 3 aromatic carbocycles. The predicted octanol–water partition coefficient (Wildman–Crippen LogP) is 5.39. The highest BCUT2D eigenvalue weighted by atomic mass is 32.2. The van der Waals surface area contributed by atoms with Crippen LogP contribution >= 0.6 is 23.1 Å². The van der Waals surface area contributed by atoms with Crippen LogP contribution in [0.4, 0.5) is 5.69 Å². The molecule has 1 atom stereocenters. The van der Waals surface area contributed by atoms with E-state index in [2.05, 4.69) is 34.7 Å². The number of aliphatic imine (C=N–C) groups is 1. The molecule has 2 amide bonds. The third kappa shape index (κ3) is 5.18. The molecular weight excluding hydrogens is 464 g/mol. The minimum Gasteiger partial charge on any atom is -0.326 e. The second kappa shape index (κ2) is 9.79. The number of hydrogen-bond donors (Lipinski definition) is 2. The Morgan fingerprint density at radius 2 is 1.88 bits per heavy atom. The van der Waals surface area contributed by atoms with E-state index in [1.165, 1.54) is 17.3 Å². The smallest absolute Gasteiger partial charge is 0.240 e. The molecular formula is C26H22N4O2S2. The minimum absolute atomic E-state index is 0.0832. The molecule has 2 N–H and O–H groups in total. The standard InChI is InChI=1S/C26H22N4O2S2/c1-16-7-12-20-21(13-16)33-25(29-20)18-8-10-19(11-9-18)28-23(31)14-22-24(32)30-26(34-22)27-15-17-5-3-2-4-6-17/h2-13,22H,14-15H2,1H3,(H,28,31)(H,27,30,32). The van der Waals surface area contributed by atoms with Gasteiger partial charge in [-0.3, -0.25) is 14.6 Å². The lowest BCUT2D eigenvalue weighted by atomic mass is 10.2. The summed E-state index contributed by atoms with van der Waals surface area (Å²) in [4.78, 5) is 34.0. The Hall–Kier alpha value is -3.49. The van der Waals surface area contributed by atoms with Crippen molar-refractivity contribution in [3.63, 3.8) is 0 Å². The molecule has 0 saturated carbocycles. The Morgan fingerprint density at radius 1 is 1.09 bits per heavy atom. The summed E-state index contributed by atoms with van der Waals surface area (Å²) in [5.74, 6) is -0.395. The van der Waals surface area contributed by atoms with Crippen LogP contribution in [0.2, 0.25) is 0 Å². The summed E-state index contributed by atoms with van der Waals surface area (Å²) < 4.78 is 1.16. The van der Waals surface area contributed by atoms with Crippen molar-refractivity contribution in [3.05, 3.63) is 83.9 Å². The van der Waals surface area contributed by atoms with E-state index in [-0.39, 0.29) is 18.2 Å². The number of thioether (sulfide) groups is 1. The summed E-state index contributed by atoms with van der Waals surface area (Å²) in [6, 6.07) is 23.7. The third-order valence-corrected chi connectivity index (χ3v) is 7.54. The number of fused-ring (bicyclic) bond motifs is 1. The number of nitrogens with zero attached hydrogens (tertiary/aromatic N) is 2. The molecule has 0 spiro atoms. The second-order valence-electron chi connectivity index (χ2n) is 8.02. The van der Waals surface area contributed by atoms with E-state index in [9.17, 15) is 9.59 Å². The zero-order chi connectivity index (χ0) is 23.5. The molecule has 0 aliphatic carbocycles. The maximum absolute atomic E-state index is 12.5. The average Bonchev–Trinajstić information content (AvgIpc) is 3.41. The molecule has 1 aliphatic heterocycles. The number of amides is 2. The van der Waals surface area contributed by atoms with Crippen molar-refractivity contribution in [2.75, 3.05) is 5.32 Å². The van der Waals surface area contributed by atoms with Gasteiger partial charge in [0.2, 0.25) is 11.8 Å². The van der Waals surface area contributed by atoms with E-state index in [1.54, 1.807) is 11.3 Å². The number of carbonyl (C=O) groups is 2. The summed E-state index contributed by atoms with van der Waals surface area (Å²) in [7, 11) is 0. The van der Waals surface area contributed by atoms with Crippen molar-refractivity contribution in [2.45, 2.75) is 25.1 Å². The van der Waals surface area contributed by atoms with Gasteiger partial charge in [-0.25, -0.2) is 4.98 Å². The van der Waals surface area contributed by atoms with Crippen LogP contribution in [-0.2, 0) is 16.1 Å². The number of anilines is 1. The number of nitrogens with one attached hydrogen (secondary N) is 2. The van der Waals surface area contributed by atoms with Crippen molar-refractivity contribution < 1.29 is 9.59 Å². The highest BCUT2D eigenvalue weighted by Gasteiger charge is 2.32. The van der Waals surface area contributed by atoms with Crippen LogP contribution in [0.3, 0.4) is 0 Å². The zero-order valence-corrected chi connectivity index (χ0v) is 20.1. The maximum atomic E-state index is 12.5. The number of aryl methyl sites for hydroxylation is 1. The van der Waals surface area contributed by atoms with E-state index < -0.39 is 5.25 Å². The molecule has 8 heteroatoms. The molecule has 1 fully saturated rings. The Bertz CT molecular complexity index is 1380. The van der Waals surface area contributed by atoms with Gasteiger partial charge in [-0.2, -0.15) is 0 Å². The molecule has 0 bridgehead atoms. The summed E-state index contributed by atoms with van der Waals surface area (Å²) >= 11 is 2.95. The van der Waals surface area contributed by atoms with E-state index in [1.807, 2.05) is 60.7 Å². The van der Waals surface area contributed by atoms with Crippen LogP contribution < -0.4 is 10.6 Å². The zero-order valence-electron chi connectivity index (χ0n) is 18.4. The lowest BCUT2D eigenvalue weighted by molar-refractivity contribution is -0.122. The Labute approximate surface area is 205 Å². The van der Waals surface area contributed by atoms with Crippen molar-refractivity contribution >= 4 is 56.0 Å². The summed E-state index contributed by atoms with van der Waals surface area (Å²) in [5, 5.41) is 6.67. The summed E-state index contributed by atoms with van der Waals surface area (Å²) in [6.45, 7) is 2.56.